The fraction of sp³-hybridized carbons (Fsp3) is 0.556. The normalized spacial score (nSPS) is 20.4. The number of aliphatic hydroxyl groups excluding tert-OH is 1. The van der Waals surface area contributed by atoms with Crippen molar-refractivity contribution < 1.29 is 14.2 Å². The van der Waals surface area contributed by atoms with Crippen LogP contribution in [0.3, 0.4) is 0 Å². The minimum Gasteiger partial charge on any atom is -0.480 e. The summed E-state index contributed by atoms with van der Waals surface area (Å²) >= 11 is 0. The van der Waals surface area contributed by atoms with Gasteiger partial charge in [-0.1, -0.05) is 26.7 Å². The third kappa shape index (κ3) is 4.19. The third-order valence-electron chi connectivity index (χ3n) is 4.22. The van der Waals surface area contributed by atoms with Gasteiger partial charge in [0, 0.05) is 18.2 Å². The maximum absolute atomic E-state index is 14.2. The summed E-state index contributed by atoms with van der Waals surface area (Å²) in [6.07, 6.45) is 4.98. The van der Waals surface area contributed by atoms with Crippen molar-refractivity contribution in [2.75, 3.05) is 7.11 Å². The van der Waals surface area contributed by atoms with E-state index in [0.29, 0.717) is 29.0 Å². The molecule has 132 valence electrons. The quantitative estimate of drug-likeness (QED) is 0.898. The van der Waals surface area contributed by atoms with E-state index in [-0.39, 0.29) is 18.0 Å². The van der Waals surface area contributed by atoms with Crippen molar-refractivity contribution in [1.82, 2.24) is 15.3 Å². The number of nitrogens with zero attached hydrogens (tertiary/aromatic N) is 2. The van der Waals surface area contributed by atoms with Gasteiger partial charge in [0.1, 0.15) is 11.3 Å². The molecule has 2 N–H and O–H groups in total. The van der Waals surface area contributed by atoms with Gasteiger partial charge in [-0.15, -0.1) is 0 Å². The van der Waals surface area contributed by atoms with Gasteiger partial charge >= 0.3 is 0 Å². The molecule has 0 amide bonds. The lowest BCUT2D eigenvalue weighted by Gasteiger charge is -2.28. The molecule has 0 saturated heterocycles. The molecule has 1 aliphatic carbocycles. The zero-order valence-corrected chi connectivity index (χ0v) is 14.6. The molecule has 0 bridgehead atoms. The number of aromatic nitrogens is 2. The molecule has 6 heteroatoms. The fourth-order valence-electron chi connectivity index (χ4n) is 2.94. The second-order valence-corrected chi connectivity index (χ2v) is 5.65. The average molecular weight is 335 g/mol. The lowest BCUT2D eigenvalue weighted by molar-refractivity contribution is 0.0901. The molecular formula is C18H26FN3O2. The van der Waals surface area contributed by atoms with E-state index in [1.54, 1.807) is 6.07 Å². The highest BCUT2D eigenvalue weighted by atomic mass is 19.1. The molecule has 0 spiro atoms. The Bertz CT molecular complexity index is 666. The Morgan fingerprint density at radius 3 is 2.75 bits per heavy atom. The standard InChI is InChI=1S/C16H20FN3O2.C2H6/c1-22-15-9-19-13-7-6-11(17)10(16(13)20-15)8-18-12-4-2-3-5-14(12)21;1-2/h6-7,9,12,14,18,21H,2-5,8H2,1H3;1-2H3. The van der Waals surface area contributed by atoms with E-state index in [1.807, 2.05) is 13.8 Å². The SMILES string of the molecule is CC.COc1cnc2ccc(F)c(CNC3CCCCC3O)c2n1. The third-order valence-corrected chi connectivity index (χ3v) is 4.22. The van der Waals surface area contributed by atoms with E-state index < -0.39 is 0 Å². The molecule has 3 rings (SSSR count). The Morgan fingerprint density at radius 2 is 2.04 bits per heavy atom. The van der Waals surface area contributed by atoms with E-state index in [0.717, 1.165) is 25.7 Å². The highest BCUT2D eigenvalue weighted by Crippen LogP contribution is 2.23. The molecule has 2 aromatic rings. The zero-order chi connectivity index (χ0) is 17.5. The molecular weight excluding hydrogens is 309 g/mol. The number of halogens is 1. The summed E-state index contributed by atoms with van der Waals surface area (Å²) < 4.78 is 19.3. The zero-order valence-electron chi connectivity index (χ0n) is 14.6. The van der Waals surface area contributed by atoms with Crippen LogP contribution < -0.4 is 10.1 Å². The van der Waals surface area contributed by atoms with Crippen LogP contribution in [0.25, 0.3) is 11.0 Å². The van der Waals surface area contributed by atoms with Crippen LogP contribution in [0.1, 0.15) is 45.1 Å². The highest BCUT2D eigenvalue weighted by molar-refractivity contribution is 5.78. The van der Waals surface area contributed by atoms with Crippen LogP contribution in [0.4, 0.5) is 4.39 Å². The lowest BCUT2D eigenvalue weighted by Crippen LogP contribution is -2.41. The number of hydrogen-bond acceptors (Lipinski definition) is 5. The molecule has 1 aromatic carbocycles. The number of benzene rings is 1. The molecule has 1 heterocycles. The summed E-state index contributed by atoms with van der Waals surface area (Å²) in [4.78, 5) is 8.54. The first-order valence-electron chi connectivity index (χ1n) is 8.58. The topological polar surface area (TPSA) is 67.3 Å². The minimum absolute atomic E-state index is 0.00183. The van der Waals surface area contributed by atoms with Crippen molar-refractivity contribution >= 4 is 11.0 Å². The Labute approximate surface area is 142 Å². The van der Waals surface area contributed by atoms with Crippen LogP contribution in [0, 0.1) is 5.82 Å². The van der Waals surface area contributed by atoms with E-state index >= 15 is 0 Å². The Morgan fingerprint density at radius 1 is 1.29 bits per heavy atom. The van der Waals surface area contributed by atoms with Gasteiger partial charge in [0.2, 0.25) is 5.88 Å². The van der Waals surface area contributed by atoms with Gasteiger partial charge in [-0.05, 0) is 25.0 Å². The fourth-order valence-corrected chi connectivity index (χ4v) is 2.94. The van der Waals surface area contributed by atoms with Crippen LogP contribution in [-0.2, 0) is 6.54 Å². The number of methoxy groups -OCH3 is 1. The number of rotatable bonds is 4. The number of aliphatic hydroxyl groups is 1. The number of hydrogen-bond donors (Lipinski definition) is 2. The maximum Gasteiger partial charge on any atom is 0.232 e. The summed E-state index contributed by atoms with van der Waals surface area (Å²) in [6.45, 7) is 4.31. The summed E-state index contributed by atoms with van der Waals surface area (Å²) in [5.74, 6) is 0.0323. The van der Waals surface area contributed by atoms with Crippen molar-refractivity contribution in [2.24, 2.45) is 0 Å². The smallest absolute Gasteiger partial charge is 0.232 e. The number of fused-ring (bicyclic) bond motifs is 1. The molecule has 1 saturated carbocycles. The molecule has 2 unspecified atom stereocenters. The predicted molar refractivity (Wildman–Crippen MR) is 92.5 cm³/mol. The number of ether oxygens (including phenoxy) is 1. The van der Waals surface area contributed by atoms with E-state index in [9.17, 15) is 9.50 Å². The van der Waals surface area contributed by atoms with Gasteiger partial charge in [0.25, 0.3) is 0 Å². The first kappa shape index (κ1) is 18.5. The highest BCUT2D eigenvalue weighted by Gasteiger charge is 2.23. The van der Waals surface area contributed by atoms with Crippen molar-refractivity contribution in [1.29, 1.82) is 0 Å². The van der Waals surface area contributed by atoms with Gasteiger partial charge in [-0.2, -0.15) is 0 Å². The van der Waals surface area contributed by atoms with Crippen LogP contribution in [0.2, 0.25) is 0 Å². The summed E-state index contributed by atoms with van der Waals surface area (Å²) in [5, 5.41) is 13.3. The van der Waals surface area contributed by atoms with Gasteiger partial charge in [-0.3, -0.25) is 0 Å². The van der Waals surface area contributed by atoms with Gasteiger partial charge < -0.3 is 15.2 Å². The number of nitrogens with one attached hydrogen (secondary N) is 1. The van der Waals surface area contributed by atoms with Crippen molar-refractivity contribution in [3.05, 3.63) is 29.7 Å². The summed E-state index contributed by atoms with van der Waals surface area (Å²) in [7, 11) is 1.51. The van der Waals surface area contributed by atoms with Crippen LogP contribution in [-0.4, -0.2) is 34.3 Å². The minimum atomic E-state index is -0.368. The van der Waals surface area contributed by atoms with Crippen LogP contribution >= 0.6 is 0 Å². The van der Waals surface area contributed by atoms with Gasteiger partial charge in [0.15, 0.2) is 0 Å². The van der Waals surface area contributed by atoms with Crippen molar-refractivity contribution in [3.63, 3.8) is 0 Å². The molecule has 24 heavy (non-hydrogen) atoms. The molecule has 0 radical (unpaired) electrons. The van der Waals surface area contributed by atoms with Crippen molar-refractivity contribution in [2.45, 2.75) is 58.2 Å². The molecule has 2 atom stereocenters. The largest absolute Gasteiger partial charge is 0.480 e. The average Bonchev–Trinajstić information content (AvgIpc) is 2.63. The second-order valence-electron chi connectivity index (χ2n) is 5.65. The van der Waals surface area contributed by atoms with Gasteiger partial charge in [0.05, 0.1) is 24.9 Å². The Balaban J connectivity index is 0.00000100. The van der Waals surface area contributed by atoms with E-state index in [1.165, 1.54) is 19.4 Å². The van der Waals surface area contributed by atoms with Crippen LogP contribution in [0.15, 0.2) is 18.3 Å². The molecule has 0 aliphatic heterocycles. The lowest BCUT2D eigenvalue weighted by atomic mass is 9.92. The maximum atomic E-state index is 14.2. The summed E-state index contributed by atoms with van der Waals surface area (Å²) in [6, 6.07) is 3.01. The molecule has 1 aliphatic rings. The first-order chi connectivity index (χ1) is 11.7. The van der Waals surface area contributed by atoms with E-state index in [2.05, 4.69) is 15.3 Å². The van der Waals surface area contributed by atoms with Gasteiger partial charge in [-0.25, -0.2) is 14.4 Å². The second kappa shape index (κ2) is 8.89. The Hall–Kier alpha value is -1.79. The Kier molecular flexibility index (Phi) is 6.87. The first-order valence-corrected chi connectivity index (χ1v) is 8.58. The van der Waals surface area contributed by atoms with E-state index in [4.69, 9.17) is 4.74 Å². The molecule has 5 nitrogen and oxygen atoms in total. The monoisotopic (exact) mass is 335 g/mol. The summed E-state index contributed by atoms with van der Waals surface area (Å²) in [5.41, 5.74) is 1.59. The molecule has 1 fully saturated rings. The molecule has 1 aromatic heterocycles. The predicted octanol–water partition coefficient (Wildman–Crippen LogP) is 3.20. The van der Waals surface area contributed by atoms with Crippen molar-refractivity contribution in [3.8, 4) is 5.88 Å². The van der Waals surface area contributed by atoms with Crippen LogP contribution in [0.5, 0.6) is 5.88 Å².